The normalized spacial score (nSPS) is 13.1. The molecule has 0 spiro atoms. The Hall–Kier alpha value is -4.19. The summed E-state index contributed by atoms with van der Waals surface area (Å²) < 4.78 is 16.8. The number of carbonyl (C=O) groups is 3. The second kappa shape index (κ2) is 54.4. The quantitative estimate of drug-likeness (QED) is 0.0199. The third kappa shape index (κ3) is 52.6. The molecule has 67 heavy (non-hydrogen) atoms. The first kappa shape index (κ1) is 62.8. The van der Waals surface area contributed by atoms with E-state index in [0.717, 1.165) is 116 Å². The lowest BCUT2D eigenvalue weighted by atomic mass is 10.1. The molecule has 1 unspecified atom stereocenters. The van der Waals surface area contributed by atoms with Crippen molar-refractivity contribution in [1.29, 1.82) is 0 Å². The number of ether oxygens (including phenoxy) is 3. The minimum Gasteiger partial charge on any atom is -0.462 e. The van der Waals surface area contributed by atoms with Crippen LogP contribution in [0.5, 0.6) is 0 Å². The summed E-state index contributed by atoms with van der Waals surface area (Å²) in [6, 6.07) is 0. The Labute approximate surface area is 412 Å². The maximum atomic E-state index is 12.8. The SMILES string of the molecule is CC\C=C/C=C\C=C/C=C\CCCCCCCC(=O)OC(COC(=O)CCCCCCCCC\C=C/C=C\C=C/CC)COC(=O)CCCCCCCCCCC/C=C\C/C=C\C/C=C\CC. The summed E-state index contributed by atoms with van der Waals surface area (Å²) in [5, 5.41) is 0. The molecule has 0 N–H and O–H groups in total. The molecule has 0 bridgehead atoms. The minimum atomic E-state index is -0.801. The van der Waals surface area contributed by atoms with Gasteiger partial charge in [-0.1, -0.05) is 239 Å². The van der Waals surface area contributed by atoms with E-state index in [1.807, 2.05) is 18.2 Å². The van der Waals surface area contributed by atoms with E-state index >= 15 is 0 Å². The van der Waals surface area contributed by atoms with Crippen LogP contribution in [0.25, 0.3) is 0 Å². The van der Waals surface area contributed by atoms with Crippen molar-refractivity contribution < 1.29 is 28.6 Å². The van der Waals surface area contributed by atoms with E-state index in [0.29, 0.717) is 19.3 Å². The van der Waals surface area contributed by atoms with Crippen LogP contribution in [0.2, 0.25) is 0 Å². The van der Waals surface area contributed by atoms with Crippen LogP contribution in [-0.4, -0.2) is 37.2 Å². The lowest BCUT2D eigenvalue weighted by Gasteiger charge is -2.18. The summed E-state index contributed by atoms with van der Waals surface area (Å²) in [4.78, 5) is 38.1. The van der Waals surface area contributed by atoms with Crippen molar-refractivity contribution in [3.8, 4) is 0 Å². The average Bonchev–Trinajstić information content (AvgIpc) is 3.33. The van der Waals surface area contributed by atoms with Crippen LogP contribution in [0.4, 0.5) is 0 Å². The van der Waals surface area contributed by atoms with E-state index < -0.39 is 6.10 Å². The minimum absolute atomic E-state index is 0.0979. The van der Waals surface area contributed by atoms with Gasteiger partial charge in [0.15, 0.2) is 6.10 Å². The highest BCUT2D eigenvalue weighted by atomic mass is 16.6. The van der Waals surface area contributed by atoms with Gasteiger partial charge in [0.05, 0.1) is 0 Å². The zero-order chi connectivity index (χ0) is 48.6. The topological polar surface area (TPSA) is 78.9 Å². The molecule has 0 rings (SSSR count). The Morgan fingerprint density at radius 3 is 1.01 bits per heavy atom. The molecule has 1 atom stereocenters. The average molecular weight is 927 g/mol. The number of esters is 3. The molecule has 0 aromatic carbocycles. The van der Waals surface area contributed by atoms with Gasteiger partial charge >= 0.3 is 17.9 Å². The van der Waals surface area contributed by atoms with E-state index in [-0.39, 0.29) is 31.1 Å². The van der Waals surface area contributed by atoms with Gasteiger partial charge in [0.25, 0.3) is 0 Å². The number of carbonyl (C=O) groups excluding carboxylic acids is 3. The van der Waals surface area contributed by atoms with E-state index in [9.17, 15) is 14.4 Å². The molecule has 0 saturated heterocycles. The molecule has 0 saturated carbocycles. The fourth-order valence-electron chi connectivity index (χ4n) is 7.11. The lowest BCUT2D eigenvalue weighted by Crippen LogP contribution is -2.30. The number of unbranched alkanes of at least 4 members (excludes halogenated alkanes) is 21. The van der Waals surface area contributed by atoms with Crippen molar-refractivity contribution in [3.05, 3.63) is 122 Å². The highest BCUT2D eigenvalue weighted by Gasteiger charge is 2.19. The molecule has 0 fully saturated rings. The van der Waals surface area contributed by atoms with Gasteiger partial charge in [-0.25, -0.2) is 0 Å². The van der Waals surface area contributed by atoms with Crippen molar-refractivity contribution >= 4 is 17.9 Å². The van der Waals surface area contributed by atoms with Crippen molar-refractivity contribution in [2.24, 2.45) is 0 Å². The largest absolute Gasteiger partial charge is 0.462 e. The van der Waals surface area contributed by atoms with Gasteiger partial charge in [0.1, 0.15) is 13.2 Å². The molecule has 0 aliphatic heterocycles. The standard InChI is InChI=1S/C61H98O6/c1-4-7-10-13-16-19-22-25-28-29-30-31-34-36-39-42-45-48-51-54-60(63)66-57-58(67-61(64)55-52-49-46-43-40-37-33-27-24-21-18-15-12-9-6-3)56-65-59(62)53-50-47-44-41-38-35-32-26-23-20-17-14-11-8-5-2/h7-12,14-21,23-25,27-28,33,58H,4-6,13,22,26,29-32,34-57H2,1-3H3/b10-7-,11-8-,12-9-,17-14-,18-15-,19-16-,23-20-,24-21-,28-25-,33-27-. The van der Waals surface area contributed by atoms with Gasteiger partial charge in [-0.05, 0) is 89.9 Å². The van der Waals surface area contributed by atoms with E-state index in [2.05, 4.69) is 124 Å². The van der Waals surface area contributed by atoms with Gasteiger partial charge in [-0.3, -0.25) is 14.4 Å². The van der Waals surface area contributed by atoms with Crippen molar-refractivity contribution in [2.45, 2.75) is 232 Å². The summed E-state index contributed by atoms with van der Waals surface area (Å²) in [7, 11) is 0. The number of allylic oxidation sites excluding steroid dienone is 20. The fraction of sp³-hybridized carbons (Fsp3) is 0.623. The van der Waals surface area contributed by atoms with Gasteiger partial charge in [0, 0.05) is 19.3 Å². The third-order valence-corrected chi connectivity index (χ3v) is 11.1. The molecule has 0 amide bonds. The van der Waals surface area contributed by atoms with Crippen LogP contribution in [0.15, 0.2) is 122 Å². The van der Waals surface area contributed by atoms with Crippen LogP contribution in [0.3, 0.4) is 0 Å². The number of hydrogen-bond donors (Lipinski definition) is 0. The Bertz CT molecular complexity index is 1440. The van der Waals surface area contributed by atoms with Gasteiger partial charge < -0.3 is 14.2 Å². The molecular formula is C61H98O6. The highest BCUT2D eigenvalue weighted by molar-refractivity contribution is 5.71. The Morgan fingerprint density at radius 2 is 0.612 bits per heavy atom. The number of rotatable bonds is 47. The van der Waals surface area contributed by atoms with Crippen LogP contribution in [-0.2, 0) is 28.6 Å². The van der Waals surface area contributed by atoms with Crippen LogP contribution < -0.4 is 0 Å². The molecule has 0 heterocycles. The first-order valence-electron chi connectivity index (χ1n) is 27.1. The molecule has 6 nitrogen and oxygen atoms in total. The van der Waals surface area contributed by atoms with Gasteiger partial charge in [0.2, 0.25) is 0 Å². The molecule has 6 heteroatoms. The van der Waals surface area contributed by atoms with E-state index in [1.165, 1.54) is 70.6 Å². The molecule has 0 aliphatic rings. The smallest absolute Gasteiger partial charge is 0.306 e. The molecule has 378 valence electrons. The molecule has 0 aromatic heterocycles. The number of hydrogen-bond acceptors (Lipinski definition) is 6. The summed E-state index contributed by atoms with van der Waals surface area (Å²) in [6.07, 6.45) is 74.6. The van der Waals surface area contributed by atoms with Gasteiger partial charge in [-0.15, -0.1) is 0 Å². The molecule has 0 aromatic rings. The van der Waals surface area contributed by atoms with Crippen molar-refractivity contribution in [3.63, 3.8) is 0 Å². The Kier molecular flexibility index (Phi) is 51.0. The summed E-state index contributed by atoms with van der Waals surface area (Å²) in [5.74, 6) is -0.943. The summed E-state index contributed by atoms with van der Waals surface area (Å²) >= 11 is 0. The fourth-order valence-corrected chi connectivity index (χ4v) is 7.11. The maximum absolute atomic E-state index is 12.8. The lowest BCUT2D eigenvalue weighted by molar-refractivity contribution is -0.167. The zero-order valence-corrected chi connectivity index (χ0v) is 43.1. The molecule has 0 radical (unpaired) electrons. The van der Waals surface area contributed by atoms with Crippen LogP contribution in [0, 0.1) is 0 Å². The first-order valence-corrected chi connectivity index (χ1v) is 27.1. The van der Waals surface area contributed by atoms with E-state index in [4.69, 9.17) is 14.2 Å². The summed E-state index contributed by atoms with van der Waals surface area (Å²) in [6.45, 7) is 6.22. The molecular weight excluding hydrogens is 829 g/mol. The van der Waals surface area contributed by atoms with Crippen molar-refractivity contribution in [1.82, 2.24) is 0 Å². The van der Waals surface area contributed by atoms with Crippen molar-refractivity contribution in [2.75, 3.05) is 13.2 Å². The molecule has 0 aliphatic carbocycles. The maximum Gasteiger partial charge on any atom is 0.306 e. The predicted octanol–water partition coefficient (Wildman–Crippen LogP) is 18.1. The van der Waals surface area contributed by atoms with E-state index in [1.54, 1.807) is 0 Å². The highest BCUT2D eigenvalue weighted by Crippen LogP contribution is 2.14. The second-order valence-corrected chi connectivity index (χ2v) is 17.5. The zero-order valence-electron chi connectivity index (χ0n) is 43.1. The van der Waals surface area contributed by atoms with Crippen LogP contribution in [0.1, 0.15) is 226 Å². The first-order chi connectivity index (χ1) is 33.0. The predicted molar refractivity (Wildman–Crippen MR) is 288 cm³/mol. The second-order valence-electron chi connectivity index (χ2n) is 17.5. The monoisotopic (exact) mass is 927 g/mol. The Balaban J connectivity index is 4.45. The Morgan fingerprint density at radius 1 is 0.313 bits per heavy atom. The summed E-state index contributed by atoms with van der Waals surface area (Å²) in [5.41, 5.74) is 0. The van der Waals surface area contributed by atoms with Crippen LogP contribution >= 0.6 is 0 Å². The third-order valence-electron chi connectivity index (χ3n) is 11.1. The van der Waals surface area contributed by atoms with Gasteiger partial charge in [-0.2, -0.15) is 0 Å².